The van der Waals surface area contributed by atoms with Gasteiger partial charge in [-0.3, -0.25) is 19.7 Å². The molecule has 1 fully saturated rings. The summed E-state index contributed by atoms with van der Waals surface area (Å²) in [7, 11) is 0. The molecule has 2 unspecified atom stereocenters. The van der Waals surface area contributed by atoms with Crippen molar-refractivity contribution in [2.75, 3.05) is 13.1 Å². The van der Waals surface area contributed by atoms with E-state index in [-0.39, 0.29) is 17.4 Å². The van der Waals surface area contributed by atoms with Crippen LogP contribution in [0.4, 0.5) is 5.69 Å². The molecule has 0 bridgehead atoms. The number of rotatable bonds is 3. The second kappa shape index (κ2) is 7.32. The maximum Gasteiger partial charge on any atom is 0.269 e. The Morgan fingerprint density at radius 2 is 1.86 bits per heavy atom. The van der Waals surface area contributed by atoms with E-state index in [1.165, 1.54) is 12.1 Å². The van der Waals surface area contributed by atoms with Crippen molar-refractivity contribution in [2.45, 2.75) is 50.0 Å². The van der Waals surface area contributed by atoms with Crippen molar-refractivity contribution in [1.82, 2.24) is 10.2 Å². The molecule has 150 valence electrons. The summed E-state index contributed by atoms with van der Waals surface area (Å²) >= 11 is 0. The monoisotopic (exact) mass is 394 g/mol. The molecule has 1 saturated heterocycles. The summed E-state index contributed by atoms with van der Waals surface area (Å²) in [6.45, 7) is 1.19. The lowest BCUT2D eigenvalue weighted by molar-refractivity contribution is -0.384. The molecule has 2 heterocycles. The molecule has 2 aliphatic heterocycles. The van der Waals surface area contributed by atoms with Gasteiger partial charge in [0.2, 0.25) is 5.54 Å². The van der Waals surface area contributed by atoms with E-state index in [9.17, 15) is 25.0 Å². The number of benzene rings is 1. The zero-order valence-corrected chi connectivity index (χ0v) is 16.0. The molecule has 0 aromatic heterocycles. The summed E-state index contributed by atoms with van der Waals surface area (Å²) in [5.41, 5.74) is 0.0376. The Labute approximate surface area is 168 Å². The highest BCUT2D eigenvalue weighted by molar-refractivity contribution is 6.04. The van der Waals surface area contributed by atoms with E-state index < -0.39 is 16.4 Å². The first-order valence-corrected chi connectivity index (χ1v) is 9.97. The number of nitro groups is 1. The van der Waals surface area contributed by atoms with Crippen LogP contribution in [0.2, 0.25) is 0 Å². The number of nitriles is 1. The molecular weight excluding hydrogens is 372 g/mol. The molecule has 3 aliphatic rings. The molecule has 1 N–H and O–H groups in total. The van der Waals surface area contributed by atoms with Crippen LogP contribution in [0.1, 0.15) is 50.0 Å². The highest BCUT2D eigenvalue weighted by atomic mass is 16.6. The van der Waals surface area contributed by atoms with E-state index in [1.807, 2.05) is 0 Å². The third-order valence-electron chi connectivity index (χ3n) is 6.12. The van der Waals surface area contributed by atoms with Crippen LogP contribution in [0.25, 0.3) is 0 Å². The van der Waals surface area contributed by atoms with Crippen molar-refractivity contribution in [1.29, 1.82) is 5.26 Å². The first-order chi connectivity index (χ1) is 14.0. The third-order valence-corrected chi connectivity index (χ3v) is 6.12. The molecule has 0 saturated carbocycles. The average molecular weight is 394 g/mol. The molecule has 1 aromatic rings. The maximum atomic E-state index is 13.6. The summed E-state index contributed by atoms with van der Waals surface area (Å²) in [4.78, 5) is 38.6. The van der Waals surface area contributed by atoms with Gasteiger partial charge in [0.15, 0.2) is 5.78 Å². The number of carbonyl (C=O) groups is 2. The van der Waals surface area contributed by atoms with Crippen LogP contribution in [0.3, 0.4) is 0 Å². The van der Waals surface area contributed by atoms with Gasteiger partial charge in [0.1, 0.15) is 6.07 Å². The predicted octanol–water partition coefficient (Wildman–Crippen LogP) is 2.56. The number of nitro benzene ring substituents is 1. The number of piperidine rings is 1. The van der Waals surface area contributed by atoms with Gasteiger partial charge in [0.25, 0.3) is 11.6 Å². The minimum Gasteiger partial charge on any atom is -0.362 e. The number of likely N-dealkylation sites (tertiary alicyclic amines) is 1. The number of non-ortho nitro benzene ring substituents is 1. The lowest BCUT2D eigenvalue weighted by Crippen LogP contribution is -2.58. The Kier molecular flexibility index (Phi) is 4.82. The van der Waals surface area contributed by atoms with E-state index in [1.54, 1.807) is 17.0 Å². The summed E-state index contributed by atoms with van der Waals surface area (Å²) in [5.74, 6) is -1.15. The van der Waals surface area contributed by atoms with Gasteiger partial charge in [-0.25, -0.2) is 0 Å². The number of hydrogen-bond donors (Lipinski definition) is 1. The number of Topliss-reactive ketones (excluding diaryl/α,β-unsaturated/α-hetero) is 1. The minimum atomic E-state index is -1.60. The van der Waals surface area contributed by atoms with Crippen molar-refractivity contribution >= 4 is 17.4 Å². The van der Waals surface area contributed by atoms with Gasteiger partial charge >= 0.3 is 0 Å². The van der Waals surface area contributed by atoms with Crippen LogP contribution in [0.15, 0.2) is 35.5 Å². The molecule has 0 radical (unpaired) electrons. The van der Waals surface area contributed by atoms with Crippen molar-refractivity contribution in [3.63, 3.8) is 0 Å². The Balaban J connectivity index is 1.81. The Bertz CT molecular complexity index is 940. The largest absolute Gasteiger partial charge is 0.362 e. The Morgan fingerprint density at radius 3 is 2.48 bits per heavy atom. The molecule has 1 aliphatic carbocycles. The van der Waals surface area contributed by atoms with Gasteiger partial charge in [-0.1, -0.05) is 12.1 Å². The van der Waals surface area contributed by atoms with Crippen LogP contribution in [-0.2, 0) is 9.59 Å². The lowest BCUT2D eigenvalue weighted by atomic mass is 9.74. The first-order valence-electron chi connectivity index (χ1n) is 9.97. The summed E-state index contributed by atoms with van der Waals surface area (Å²) in [5, 5.41) is 24.4. The zero-order valence-electron chi connectivity index (χ0n) is 16.0. The number of nitrogens with zero attached hydrogens (tertiary/aromatic N) is 3. The fourth-order valence-corrected chi connectivity index (χ4v) is 4.72. The van der Waals surface area contributed by atoms with Gasteiger partial charge in [-0.2, -0.15) is 5.26 Å². The second-order valence-electron chi connectivity index (χ2n) is 7.85. The van der Waals surface area contributed by atoms with Crippen LogP contribution >= 0.6 is 0 Å². The van der Waals surface area contributed by atoms with Crippen molar-refractivity contribution < 1.29 is 14.5 Å². The van der Waals surface area contributed by atoms with Crippen LogP contribution < -0.4 is 5.32 Å². The first kappa shape index (κ1) is 19.1. The van der Waals surface area contributed by atoms with Crippen LogP contribution in [0.5, 0.6) is 0 Å². The highest BCUT2D eigenvalue weighted by Crippen LogP contribution is 2.47. The van der Waals surface area contributed by atoms with Gasteiger partial charge in [-0.05, 0) is 37.7 Å². The average Bonchev–Trinajstić information content (AvgIpc) is 3.10. The number of nitrogens with one attached hydrogen (secondary N) is 1. The summed E-state index contributed by atoms with van der Waals surface area (Å²) in [6.07, 6.45) is 4.50. The van der Waals surface area contributed by atoms with Gasteiger partial charge < -0.3 is 10.2 Å². The zero-order chi connectivity index (χ0) is 20.6. The number of amides is 1. The van der Waals surface area contributed by atoms with Crippen LogP contribution in [0, 0.1) is 21.4 Å². The van der Waals surface area contributed by atoms with E-state index in [0.717, 1.165) is 19.3 Å². The summed E-state index contributed by atoms with van der Waals surface area (Å²) < 4.78 is 0. The van der Waals surface area contributed by atoms with Gasteiger partial charge in [0.05, 0.1) is 10.8 Å². The molecule has 1 aromatic carbocycles. The van der Waals surface area contributed by atoms with Crippen molar-refractivity contribution in [3.05, 3.63) is 51.2 Å². The minimum absolute atomic E-state index is 0.0642. The van der Waals surface area contributed by atoms with Gasteiger partial charge in [-0.15, -0.1) is 0 Å². The van der Waals surface area contributed by atoms with Crippen molar-refractivity contribution in [2.24, 2.45) is 0 Å². The van der Waals surface area contributed by atoms with E-state index in [4.69, 9.17) is 0 Å². The van der Waals surface area contributed by atoms with Gasteiger partial charge in [0, 0.05) is 42.9 Å². The summed E-state index contributed by atoms with van der Waals surface area (Å²) in [6, 6.07) is 8.03. The number of ketones is 1. The molecule has 29 heavy (non-hydrogen) atoms. The number of allylic oxidation sites excluding steroid dienone is 1. The fourth-order valence-electron chi connectivity index (χ4n) is 4.72. The topological polar surface area (TPSA) is 116 Å². The SMILES string of the molecule is N#CC1(C(=O)N2CCCCC2)NC2=C(C(=O)CCC2)C1c1ccc([N+](=O)[O-])cc1. The van der Waals surface area contributed by atoms with E-state index in [0.29, 0.717) is 49.2 Å². The standard InChI is InChI=1S/C21H22N4O4/c22-13-21(20(27)24-11-2-1-3-12-24)19(14-7-9-15(10-8-14)25(28)29)18-16(23-21)5-4-6-17(18)26/h7-10,19,23H,1-6,11-12H2. The van der Waals surface area contributed by atoms with Crippen LogP contribution in [-0.4, -0.2) is 40.1 Å². The highest BCUT2D eigenvalue weighted by Gasteiger charge is 2.57. The maximum absolute atomic E-state index is 13.6. The van der Waals surface area contributed by atoms with Crippen molar-refractivity contribution in [3.8, 4) is 6.07 Å². The molecule has 4 rings (SSSR count). The molecule has 8 nitrogen and oxygen atoms in total. The molecule has 1 amide bonds. The number of hydrogen-bond acceptors (Lipinski definition) is 6. The normalized spacial score (nSPS) is 26.5. The Hall–Kier alpha value is -3.21. The molecule has 8 heteroatoms. The third kappa shape index (κ3) is 3.07. The smallest absolute Gasteiger partial charge is 0.269 e. The Morgan fingerprint density at radius 1 is 1.17 bits per heavy atom. The lowest BCUT2D eigenvalue weighted by Gasteiger charge is -2.36. The fraction of sp³-hybridized carbons (Fsp3) is 0.476. The molecule has 2 atom stereocenters. The van der Waals surface area contributed by atoms with E-state index in [2.05, 4.69) is 11.4 Å². The number of carbonyl (C=O) groups excluding carboxylic acids is 2. The molecular formula is C21H22N4O4. The quantitative estimate of drug-likeness (QED) is 0.622. The molecule has 0 spiro atoms. The second-order valence-corrected chi connectivity index (χ2v) is 7.85. The predicted molar refractivity (Wildman–Crippen MR) is 104 cm³/mol. The van der Waals surface area contributed by atoms with E-state index >= 15 is 0 Å².